The normalized spacial score (nSPS) is 10.7. The number of benzene rings is 3. The van der Waals surface area contributed by atoms with Crippen LogP contribution in [-0.4, -0.2) is 21.0 Å². The topological polar surface area (TPSA) is 80.1 Å². The first-order chi connectivity index (χ1) is 16.6. The molecule has 2 aromatic heterocycles. The predicted octanol–water partition coefficient (Wildman–Crippen LogP) is 5.99. The number of hydrogen-bond donors (Lipinski definition) is 2. The Bertz CT molecular complexity index is 1460. The van der Waals surface area contributed by atoms with Crippen LogP contribution in [0.15, 0.2) is 95.5 Å². The highest BCUT2D eigenvalue weighted by atomic mass is 32.1. The lowest BCUT2D eigenvalue weighted by atomic mass is 10.0. The van der Waals surface area contributed by atoms with E-state index in [2.05, 4.69) is 20.6 Å². The van der Waals surface area contributed by atoms with Crippen molar-refractivity contribution in [3.63, 3.8) is 0 Å². The first-order valence-electron chi connectivity index (χ1n) is 10.7. The van der Waals surface area contributed by atoms with Crippen LogP contribution >= 0.6 is 12.2 Å². The summed E-state index contributed by atoms with van der Waals surface area (Å²) < 4.78 is 5.79. The number of anilines is 1. The fraction of sp³-hybridized carbons (Fsp3) is 0.0370. The average Bonchev–Trinajstić information content (AvgIpc) is 3.30. The van der Waals surface area contributed by atoms with Gasteiger partial charge in [0, 0.05) is 23.0 Å². The Kier molecular flexibility index (Phi) is 5.84. The molecular weight excluding hydrogens is 444 g/mol. The van der Waals surface area contributed by atoms with Crippen molar-refractivity contribution in [3.8, 4) is 22.6 Å². The number of nitrogens with zero attached hydrogens (tertiary/aromatic N) is 2. The number of hydrogen-bond acceptors (Lipinski definition) is 5. The first kappa shape index (κ1) is 21.5. The molecule has 0 bridgehead atoms. The summed E-state index contributed by atoms with van der Waals surface area (Å²) in [6, 6.07) is 26.8. The number of carbonyl (C=O) groups is 1. The van der Waals surface area contributed by atoms with Gasteiger partial charge in [-0.15, -0.1) is 0 Å². The van der Waals surface area contributed by atoms with Crippen molar-refractivity contribution >= 4 is 40.2 Å². The summed E-state index contributed by atoms with van der Waals surface area (Å²) in [4.78, 5) is 21.3. The molecule has 34 heavy (non-hydrogen) atoms. The number of carbonyl (C=O) groups excluding carboxylic acids is 1. The second kappa shape index (κ2) is 9.25. The number of oxazole rings is 1. The third kappa shape index (κ3) is 4.55. The van der Waals surface area contributed by atoms with Gasteiger partial charge < -0.3 is 9.73 Å². The number of fused-ring (bicyclic) bond motifs is 1. The van der Waals surface area contributed by atoms with Crippen LogP contribution < -0.4 is 10.6 Å². The van der Waals surface area contributed by atoms with Gasteiger partial charge in [0.15, 0.2) is 16.3 Å². The van der Waals surface area contributed by atoms with Gasteiger partial charge in [-0.2, -0.15) is 4.98 Å². The highest BCUT2D eigenvalue weighted by Gasteiger charge is 2.12. The molecule has 0 aliphatic carbocycles. The van der Waals surface area contributed by atoms with Crippen LogP contribution in [0.25, 0.3) is 33.8 Å². The van der Waals surface area contributed by atoms with Crippen molar-refractivity contribution in [1.82, 2.24) is 15.3 Å². The number of amides is 1. The van der Waals surface area contributed by atoms with Gasteiger partial charge in [0.05, 0.1) is 0 Å². The van der Waals surface area contributed by atoms with Crippen LogP contribution in [0.3, 0.4) is 0 Å². The van der Waals surface area contributed by atoms with Crippen molar-refractivity contribution in [3.05, 3.63) is 102 Å². The molecule has 0 aliphatic rings. The van der Waals surface area contributed by atoms with Crippen molar-refractivity contribution in [1.29, 1.82) is 0 Å². The van der Waals surface area contributed by atoms with E-state index >= 15 is 0 Å². The van der Waals surface area contributed by atoms with Crippen molar-refractivity contribution < 1.29 is 9.21 Å². The smallest absolute Gasteiger partial charge is 0.257 e. The second-order valence-corrected chi connectivity index (χ2v) is 8.13. The van der Waals surface area contributed by atoms with Gasteiger partial charge in [-0.05, 0) is 78.3 Å². The van der Waals surface area contributed by atoms with Gasteiger partial charge in [0.25, 0.3) is 5.91 Å². The van der Waals surface area contributed by atoms with Crippen LogP contribution in [0.2, 0.25) is 0 Å². The zero-order chi connectivity index (χ0) is 23.5. The zero-order valence-corrected chi connectivity index (χ0v) is 19.1. The maximum atomic E-state index is 12.6. The van der Waals surface area contributed by atoms with Gasteiger partial charge in [-0.3, -0.25) is 10.1 Å². The summed E-state index contributed by atoms with van der Waals surface area (Å²) in [5.41, 5.74) is 6.41. The molecular formula is C27H20N4O2S. The van der Waals surface area contributed by atoms with E-state index in [0.717, 1.165) is 27.9 Å². The molecule has 3 aromatic carbocycles. The van der Waals surface area contributed by atoms with Crippen LogP contribution in [-0.2, 0) is 0 Å². The monoisotopic (exact) mass is 464 g/mol. The van der Waals surface area contributed by atoms with Crippen LogP contribution in [0, 0.1) is 6.92 Å². The summed E-state index contributed by atoms with van der Waals surface area (Å²) in [6.45, 7) is 1.94. The molecule has 0 fully saturated rings. The Balaban J connectivity index is 1.24. The molecule has 5 aromatic rings. The number of nitrogens with one attached hydrogen (secondary N) is 2. The summed E-state index contributed by atoms with van der Waals surface area (Å²) >= 11 is 5.36. The number of thiocarbonyl (C=S) groups is 1. The molecule has 0 atom stereocenters. The molecule has 2 N–H and O–H groups in total. The summed E-state index contributed by atoms with van der Waals surface area (Å²) in [7, 11) is 0. The standard InChI is InChI=1S/C27H20N4O2S/c1-17-16-21(26-30-24-23(33-26)8-5-15-28-24)13-14-22(17)29-27(34)31-25(32)20-11-9-19(10-12-20)18-6-3-2-4-7-18/h2-16H,1H3,(H2,29,31,32,34). The molecule has 6 nitrogen and oxygen atoms in total. The minimum absolute atomic E-state index is 0.221. The molecule has 0 saturated heterocycles. The zero-order valence-electron chi connectivity index (χ0n) is 18.3. The highest BCUT2D eigenvalue weighted by molar-refractivity contribution is 7.80. The van der Waals surface area contributed by atoms with Gasteiger partial charge in [-0.25, -0.2) is 4.98 Å². The Hall–Kier alpha value is -4.36. The fourth-order valence-electron chi connectivity index (χ4n) is 3.60. The molecule has 5 rings (SSSR count). The van der Waals surface area contributed by atoms with Gasteiger partial charge in [0.1, 0.15) is 0 Å². The number of pyridine rings is 1. The number of rotatable bonds is 4. The van der Waals surface area contributed by atoms with Crippen molar-refractivity contribution in [2.75, 3.05) is 5.32 Å². The van der Waals surface area contributed by atoms with E-state index < -0.39 is 0 Å². The van der Waals surface area contributed by atoms with Crippen LogP contribution in [0.4, 0.5) is 5.69 Å². The average molecular weight is 465 g/mol. The minimum Gasteiger partial charge on any atom is -0.434 e. The van der Waals surface area contributed by atoms with E-state index in [1.165, 1.54) is 0 Å². The summed E-state index contributed by atoms with van der Waals surface area (Å²) in [6.07, 6.45) is 1.68. The molecule has 0 aliphatic heterocycles. The Morgan fingerprint density at radius 3 is 2.35 bits per heavy atom. The Morgan fingerprint density at radius 2 is 1.62 bits per heavy atom. The molecule has 0 saturated carbocycles. The summed E-state index contributed by atoms with van der Waals surface area (Å²) in [5.74, 6) is 0.225. The maximum Gasteiger partial charge on any atom is 0.257 e. The lowest BCUT2D eigenvalue weighted by molar-refractivity contribution is 0.0977. The third-order valence-corrected chi connectivity index (χ3v) is 5.57. The van der Waals surface area contributed by atoms with Crippen LogP contribution in [0.5, 0.6) is 0 Å². The van der Waals surface area contributed by atoms with E-state index in [4.69, 9.17) is 16.6 Å². The van der Waals surface area contributed by atoms with E-state index in [-0.39, 0.29) is 11.0 Å². The number of aromatic nitrogens is 2. The molecule has 7 heteroatoms. The first-order valence-corrected chi connectivity index (χ1v) is 11.1. The quantitative estimate of drug-likeness (QED) is 0.318. The van der Waals surface area contributed by atoms with E-state index in [1.54, 1.807) is 18.3 Å². The van der Waals surface area contributed by atoms with Crippen molar-refractivity contribution in [2.24, 2.45) is 0 Å². The van der Waals surface area contributed by atoms with Gasteiger partial charge in [-0.1, -0.05) is 42.5 Å². The SMILES string of the molecule is Cc1cc(-c2nc3ncccc3o2)ccc1NC(=S)NC(=O)c1ccc(-c2ccccc2)cc1. The largest absolute Gasteiger partial charge is 0.434 e. The maximum absolute atomic E-state index is 12.6. The lowest BCUT2D eigenvalue weighted by Crippen LogP contribution is -2.34. The molecule has 166 valence electrons. The fourth-order valence-corrected chi connectivity index (χ4v) is 3.81. The van der Waals surface area contributed by atoms with E-state index in [9.17, 15) is 4.79 Å². The molecule has 0 radical (unpaired) electrons. The molecule has 2 heterocycles. The minimum atomic E-state index is -0.273. The molecule has 0 unspecified atom stereocenters. The van der Waals surface area contributed by atoms with Crippen LogP contribution in [0.1, 0.15) is 15.9 Å². The third-order valence-electron chi connectivity index (χ3n) is 5.37. The van der Waals surface area contributed by atoms with Gasteiger partial charge >= 0.3 is 0 Å². The Morgan fingerprint density at radius 1 is 0.882 bits per heavy atom. The van der Waals surface area contributed by atoms with Crippen molar-refractivity contribution in [2.45, 2.75) is 6.92 Å². The van der Waals surface area contributed by atoms with E-state index in [1.807, 2.05) is 79.7 Å². The number of aryl methyl sites for hydroxylation is 1. The molecule has 1 amide bonds. The second-order valence-electron chi connectivity index (χ2n) is 7.73. The predicted molar refractivity (Wildman–Crippen MR) is 138 cm³/mol. The highest BCUT2D eigenvalue weighted by Crippen LogP contribution is 2.27. The lowest BCUT2D eigenvalue weighted by Gasteiger charge is -2.12. The Labute approximate surface area is 201 Å². The van der Waals surface area contributed by atoms with E-state index in [0.29, 0.717) is 22.7 Å². The summed E-state index contributed by atoms with van der Waals surface area (Å²) in [5, 5.41) is 6.05. The molecule has 0 spiro atoms. The van der Waals surface area contributed by atoms with Gasteiger partial charge in [0.2, 0.25) is 5.89 Å².